The third-order valence-electron chi connectivity index (χ3n) is 5.44. The zero-order valence-corrected chi connectivity index (χ0v) is 17.5. The van der Waals surface area contributed by atoms with Gasteiger partial charge in [0.2, 0.25) is 0 Å². The molecule has 0 spiro atoms. The smallest absolute Gasteiger partial charge is 0.0201 e. The summed E-state index contributed by atoms with van der Waals surface area (Å²) in [5.41, 5.74) is 0. The molecule has 0 aliphatic carbocycles. The van der Waals surface area contributed by atoms with Crippen molar-refractivity contribution >= 4 is 45.7 Å². The van der Waals surface area contributed by atoms with Crippen molar-refractivity contribution in [3.05, 3.63) is 0 Å². The lowest BCUT2D eigenvalue weighted by molar-refractivity contribution is -0.0102. The van der Waals surface area contributed by atoms with Crippen molar-refractivity contribution in [3.8, 4) is 0 Å². The van der Waals surface area contributed by atoms with Crippen molar-refractivity contribution in [2.75, 3.05) is 45.8 Å². The Morgan fingerprint density at radius 1 is 0.857 bits per heavy atom. The molecule has 2 unspecified atom stereocenters. The van der Waals surface area contributed by atoms with Crippen molar-refractivity contribution in [2.45, 2.75) is 44.8 Å². The van der Waals surface area contributed by atoms with Gasteiger partial charge in [-0.1, -0.05) is 0 Å². The molecule has 0 saturated carbocycles. The highest BCUT2D eigenvalue weighted by molar-refractivity contribution is 14.1. The molecule has 0 amide bonds. The summed E-state index contributed by atoms with van der Waals surface area (Å²) in [6, 6.07) is 2.26. The van der Waals surface area contributed by atoms with Gasteiger partial charge in [-0.25, -0.2) is 6.23 Å². The van der Waals surface area contributed by atoms with Crippen LogP contribution in [-0.2, 0) is 0 Å². The van der Waals surface area contributed by atoms with Gasteiger partial charge in [-0.3, -0.25) is 9.80 Å². The predicted molar refractivity (Wildman–Crippen MR) is 105 cm³/mol. The number of hydrogen-bond acceptors (Lipinski definition) is 4. The van der Waals surface area contributed by atoms with Crippen LogP contribution in [0.2, 0.25) is 0 Å². The number of halogens is 2. The van der Waals surface area contributed by atoms with E-state index in [1.165, 1.54) is 58.7 Å². The molecule has 0 aromatic heterocycles. The summed E-state index contributed by atoms with van der Waals surface area (Å²) < 4.78 is 4.86. The molecule has 3 aliphatic heterocycles. The molecule has 21 heavy (non-hydrogen) atoms. The third-order valence-corrected chi connectivity index (χ3v) is 7.19. The quantitative estimate of drug-likeness (QED) is 0.421. The first-order valence-electron chi connectivity index (χ1n) is 8.34. The SMILES string of the molecule is CC1CN(C2CCN(I)CC2)CC(C)N1CC1CN(I)C1. The van der Waals surface area contributed by atoms with Gasteiger partial charge < -0.3 is 0 Å². The maximum Gasteiger partial charge on any atom is 0.0201 e. The van der Waals surface area contributed by atoms with E-state index in [0.29, 0.717) is 0 Å². The maximum absolute atomic E-state index is 2.79. The summed E-state index contributed by atoms with van der Waals surface area (Å²) in [5, 5.41) is 0. The van der Waals surface area contributed by atoms with Crippen LogP contribution >= 0.6 is 45.7 Å². The van der Waals surface area contributed by atoms with Crippen LogP contribution in [0.25, 0.3) is 0 Å². The second-order valence-corrected chi connectivity index (χ2v) is 9.91. The number of hydrogen-bond donors (Lipinski definition) is 0. The molecule has 0 aromatic rings. The van der Waals surface area contributed by atoms with E-state index in [1.807, 2.05) is 0 Å². The van der Waals surface area contributed by atoms with E-state index in [1.54, 1.807) is 0 Å². The Morgan fingerprint density at radius 3 is 1.95 bits per heavy atom. The highest BCUT2D eigenvalue weighted by Crippen LogP contribution is 2.27. The molecule has 3 fully saturated rings. The van der Waals surface area contributed by atoms with Crippen molar-refractivity contribution in [3.63, 3.8) is 0 Å². The number of rotatable bonds is 3. The number of nitrogens with zero attached hydrogens (tertiary/aromatic N) is 4. The number of piperidine rings is 1. The van der Waals surface area contributed by atoms with Crippen molar-refractivity contribution in [1.29, 1.82) is 0 Å². The minimum absolute atomic E-state index is 0.717. The van der Waals surface area contributed by atoms with Crippen LogP contribution in [0.1, 0.15) is 26.7 Å². The molecule has 4 nitrogen and oxygen atoms in total. The summed E-state index contributed by atoms with van der Waals surface area (Å²) in [4.78, 5) is 5.57. The largest absolute Gasteiger partial charge is 0.297 e. The molecule has 0 radical (unpaired) electrons. The van der Waals surface area contributed by atoms with E-state index < -0.39 is 0 Å². The van der Waals surface area contributed by atoms with Gasteiger partial charge in [0.05, 0.1) is 0 Å². The minimum atomic E-state index is 0.717. The summed E-state index contributed by atoms with van der Waals surface area (Å²) in [6.07, 6.45) is 2.71. The molecular formula is C15H28I2N4. The lowest BCUT2D eigenvalue weighted by atomic mass is 9.96. The molecule has 3 heterocycles. The fourth-order valence-electron chi connectivity index (χ4n) is 4.18. The molecule has 3 rings (SSSR count). The molecule has 3 saturated heterocycles. The van der Waals surface area contributed by atoms with Gasteiger partial charge in [0, 0.05) is 110 Å². The second kappa shape index (κ2) is 7.46. The first kappa shape index (κ1) is 17.1. The highest BCUT2D eigenvalue weighted by atomic mass is 127. The van der Waals surface area contributed by atoms with E-state index in [0.717, 1.165) is 24.0 Å². The highest BCUT2D eigenvalue weighted by Gasteiger charge is 2.36. The topological polar surface area (TPSA) is 13.0 Å². The zero-order valence-electron chi connectivity index (χ0n) is 13.2. The van der Waals surface area contributed by atoms with Crippen LogP contribution in [0, 0.1) is 5.92 Å². The molecule has 0 bridgehead atoms. The van der Waals surface area contributed by atoms with Crippen molar-refractivity contribution in [1.82, 2.24) is 16.0 Å². The average molecular weight is 518 g/mol. The van der Waals surface area contributed by atoms with Crippen LogP contribution < -0.4 is 0 Å². The van der Waals surface area contributed by atoms with Gasteiger partial charge in [0.15, 0.2) is 0 Å². The molecule has 0 N–H and O–H groups in total. The molecular weight excluding hydrogens is 490 g/mol. The summed E-state index contributed by atoms with van der Waals surface area (Å²) in [7, 11) is 0. The van der Waals surface area contributed by atoms with Crippen LogP contribution in [0.5, 0.6) is 0 Å². The van der Waals surface area contributed by atoms with E-state index in [4.69, 9.17) is 0 Å². The maximum atomic E-state index is 2.79. The first-order chi connectivity index (χ1) is 10.0. The molecule has 2 atom stereocenters. The van der Waals surface area contributed by atoms with Crippen LogP contribution in [0.3, 0.4) is 0 Å². The summed E-state index contributed by atoms with van der Waals surface area (Å²) in [5.74, 6) is 0.903. The molecule has 3 aliphatic rings. The first-order valence-corrected chi connectivity index (χ1v) is 10.3. The fourth-order valence-corrected chi connectivity index (χ4v) is 5.85. The van der Waals surface area contributed by atoms with E-state index >= 15 is 0 Å². The normalized spacial score (nSPS) is 36.0. The average Bonchev–Trinajstić information content (AvgIpc) is 2.41. The van der Waals surface area contributed by atoms with E-state index in [-0.39, 0.29) is 0 Å². The van der Waals surface area contributed by atoms with Gasteiger partial charge in [0.25, 0.3) is 0 Å². The third kappa shape index (κ3) is 4.23. The Balaban J connectivity index is 1.51. The van der Waals surface area contributed by atoms with Crippen LogP contribution in [0.15, 0.2) is 0 Å². The van der Waals surface area contributed by atoms with E-state index in [9.17, 15) is 0 Å². The van der Waals surface area contributed by atoms with Crippen LogP contribution in [-0.4, -0.2) is 80.0 Å². The monoisotopic (exact) mass is 518 g/mol. The Kier molecular flexibility index (Phi) is 6.09. The van der Waals surface area contributed by atoms with Crippen molar-refractivity contribution in [2.24, 2.45) is 5.92 Å². The second-order valence-electron chi connectivity index (χ2n) is 7.18. The lowest BCUT2D eigenvalue weighted by Crippen LogP contribution is -2.62. The standard InChI is InChI=1S/C15H28I2N4/c1-12-7-18(15-3-5-19(16)6-4-15)8-13(2)21(12)11-14-9-20(17)10-14/h12-15H,3-11H2,1-2H3. The Labute approximate surface area is 157 Å². The van der Waals surface area contributed by atoms with Crippen LogP contribution in [0.4, 0.5) is 0 Å². The van der Waals surface area contributed by atoms with E-state index in [2.05, 4.69) is 75.6 Å². The minimum Gasteiger partial charge on any atom is -0.297 e. The predicted octanol–water partition coefficient (Wildman–Crippen LogP) is 2.48. The Hall–Kier alpha value is 1.30. The van der Waals surface area contributed by atoms with Gasteiger partial charge in [0.1, 0.15) is 0 Å². The molecule has 122 valence electrons. The Bertz CT molecular complexity index is 331. The fraction of sp³-hybridized carbons (Fsp3) is 1.00. The summed E-state index contributed by atoms with van der Waals surface area (Å²) >= 11 is 4.93. The Morgan fingerprint density at radius 2 is 1.43 bits per heavy atom. The summed E-state index contributed by atoms with van der Waals surface area (Å²) in [6.45, 7) is 13.8. The lowest BCUT2D eigenvalue weighted by Gasteiger charge is -2.50. The number of piperazine rings is 1. The zero-order chi connectivity index (χ0) is 15.0. The van der Waals surface area contributed by atoms with Gasteiger partial charge in [-0.2, -0.15) is 0 Å². The van der Waals surface area contributed by atoms with Gasteiger partial charge in [-0.05, 0) is 32.6 Å². The molecule has 6 heteroatoms. The van der Waals surface area contributed by atoms with Gasteiger partial charge >= 0.3 is 0 Å². The molecule has 0 aromatic carbocycles. The van der Waals surface area contributed by atoms with Gasteiger partial charge in [-0.15, -0.1) is 0 Å². The van der Waals surface area contributed by atoms with Crippen molar-refractivity contribution < 1.29 is 0 Å².